The fourth-order valence-corrected chi connectivity index (χ4v) is 2.08. The largest absolute Gasteiger partial charge is 0.326 e. The highest BCUT2D eigenvalue weighted by atomic mass is 35.5. The van der Waals surface area contributed by atoms with Gasteiger partial charge in [-0.25, -0.2) is 4.39 Å². The maximum atomic E-state index is 13.0. The molecule has 2 rings (SSSR count). The number of halogens is 2. The van der Waals surface area contributed by atoms with Crippen LogP contribution in [0.15, 0.2) is 48.5 Å². The minimum atomic E-state index is -0.492. The molecular formula is C16H15ClFNO. The minimum absolute atomic E-state index is 0.00656. The lowest BCUT2D eigenvalue weighted by atomic mass is 10.1. The summed E-state index contributed by atoms with van der Waals surface area (Å²) in [5.74, 6) is -0.586. The molecule has 0 fully saturated rings. The fraction of sp³-hybridized carbons (Fsp3) is 0.188. The van der Waals surface area contributed by atoms with E-state index in [9.17, 15) is 9.18 Å². The molecule has 0 heterocycles. The molecule has 20 heavy (non-hydrogen) atoms. The topological polar surface area (TPSA) is 29.1 Å². The molecule has 0 aromatic heterocycles. The van der Waals surface area contributed by atoms with Crippen LogP contribution in [0, 0.1) is 5.82 Å². The van der Waals surface area contributed by atoms with Gasteiger partial charge in [-0.05, 0) is 36.6 Å². The van der Waals surface area contributed by atoms with Crippen molar-refractivity contribution in [1.29, 1.82) is 0 Å². The van der Waals surface area contributed by atoms with Gasteiger partial charge in [0.05, 0.1) is 5.02 Å². The normalized spacial score (nSPS) is 10.3. The second-order valence-electron chi connectivity index (χ2n) is 4.52. The van der Waals surface area contributed by atoms with Crippen LogP contribution in [0.3, 0.4) is 0 Å². The van der Waals surface area contributed by atoms with E-state index in [1.165, 1.54) is 23.8 Å². The highest BCUT2D eigenvalue weighted by molar-refractivity contribution is 6.31. The van der Waals surface area contributed by atoms with Crippen LogP contribution in [-0.2, 0) is 11.2 Å². The molecule has 2 aromatic carbocycles. The van der Waals surface area contributed by atoms with E-state index in [4.69, 9.17) is 11.6 Å². The molecule has 0 aliphatic carbocycles. The first-order chi connectivity index (χ1) is 9.65. The molecular weight excluding hydrogens is 277 g/mol. The third-order valence-corrected chi connectivity index (χ3v) is 3.21. The predicted octanol–water partition coefficient (Wildman–Crippen LogP) is 4.44. The van der Waals surface area contributed by atoms with Crippen molar-refractivity contribution in [3.05, 3.63) is 64.9 Å². The van der Waals surface area contributed by atoms with Crippen molar-refractivity contribution in [2.45, 2.75) is 19.3 Å². The molecule has 0 atom stereocenters. The van der Waals surface area contributed by atoms with Crippen molar-refractivity contribution >= 4 is 23.2 Å². The molecule has 1 amide bonds. The van der Waals surface area contributed by atoms with Crippen molar-refractivity contribution in [1.82, 2.24) is 0 Å². The Labute approximate surface area is 122 Å². The Kier molecular flexibility index (Phi) is 5.13. The predicted molar refractivity (Wildman–Crippen MR) is 79.4 cm³/mol. The number of aryl methyl sites for hydroxylation is 1. The molecule has 0 spiro atoms. The second-order valence-corrected chi connectivity index (χ2v) is 4.92. The molecule has 2 nitrogen and oxygen atoms in total. The highest BCUT2D eigenvalue weighted by Crippen LogP contribution is 2.19. The van der Waals surface area contributed by atoms with E-state index in [-0.39, 0.29) is 10.9 Å². The zero-order chi connectivity index (χ0) is 14.4. The monoisotopic (exact) mass is 291 g/mol. The van der Waals surface area contributed by atoms with Gasteiger partial charge in [0.15, 0.2) is 0 Å². The number of benzene rings is 2. The van der Waals surface area contributed by atoms with Crippen molar-refractivity contribution in [2.75, 3.05) is 5.32 Å². The summed E-state index contributed by atoms with van der Waals surface area (Å²) in [4.78, 5) is 11.8. The summed E-state index contributed by atoms with van der Waals surface area (Å²) in [6, 6.07) is 14.2. The molecule has 0 saturated carbocycles. The van der Waals surface area contributed by atoms with E-state index in [1.54, 1.807) is 0 Å². The van der Waals surface area contributed by atoms with Gasteiger partial charge in [0.1, 0.15) is 5.82 Å². The Morgan fingerprint density at radius 2 is 1.90 bits per heavy atom. The van der Waals surface area contributed by atoms with Gasteiger partial charge in [-0.1, -0.05) is 41.9 Å². The average Bonchev–Trinajstić information content (AvgIpc) is 2.44. The first kappa shape index (κ1) is 14.5. The molecule has 0 aliphatic rings. The Balaban J connectivity index is 1.79. The van der Waals surface area contributed by atoms with Crippen LogP contribution in [-0.4, -0.2) is 5.91 Å². The number of amides is 1. The van der Waals surface area contributed by atoms with Crippen LogP contribution in [0.2, 0.25) is 5.02 Å². The molecule has 1 N–H and O–H groups in total. The Morgan fingerprint density at radius 1 is 1.15 bits per heavy atom. The fourth-order valence-electron chi connectivity index (χ4n) is 1.90. The first-order valence-corrected chi connectivity index (χ1v) is 6.82. The van der Waals surface area contributed by atoms with E-state index in [0.29, 0.717) is 12.1 Å². The van der Waals surface area contributed by atoms with Crippen molar-refractivity contribution in [2.24, 2.45) is 0 Å². The molecule has 104 valence electrons. The van der Waals surface area contributed by atoms with E-state index in [1.807, 2.05) is 30.3 Å². The van der Waals surface area contributed by atoms with Crippen molar-refractivity contribution < 1.29 is 9.18 Å². The summed E-state index contributed by atoms with van der Waals surface area (Å²) >= 11 is 5.66. The van der Waals surface area contributed by atoms with Crippen LogP contribution in [0.4, 0.5) is 10.1 Å². The van der Waals surface area contributed by atoms with Crippen LogP contribution in [0.5, 0.6) is 0 Å². The third-order valence-electron chi connectivity index (χ3n) is 2.92. The SMILES string of the molecule is O=C(CCCc1ccccc1)Nc1ccc(F)c(Cl)c1. The average molecular weight is 292 g/mol. The van der Waals surface area contributed by atoms with E-state index < -0.39 is 5.82 Å². The van der Waals surface area contributed by atoms with Crippen LogP contribution in [0.1, 0.15) is 18.4 Å². The van der Waals surface area contributed by atoms with Gasteiger partial charge in [0.2, 0.25) is 5.91 Å². The summed E-state index contributed by atoms with van der Waals surface area (Å²) in [5.41, 5.74) is 1.73. The van der Waals surface area contributed by atoms with Gasteiger partial charge >= 0.3 is 0 Å². The number of carbonyl (C=O) groups is 1. The lowest BCUT2D eigenvalue weighted by Gasteiger charge is -2.06. The van der Waals surface area contributed by atoms with Gasteiger partial charge in [0, 0.05) is 12.1 Å². The summed E-state index contributed by atoms with van der Waals surface area (Å²) in [6.07, 6.45) is 2.05. The molecule has 0 saturated heterocycles. The van der Waals surface area contributed by atoms with Gasteiger partial charge < -0.3 is 5.32 Å². The maximum Gasteiger partial charge on any atom is 0.224 e. The van der Waals surface area contributed by atoms with Gasteiger partial charge in [-0.15, -0.1) is 0 Å². The minimum Gasteiger partial charge on any atom is -0.326 e. The summed E-state index contributed by atoms with van der Waals surface area (Å²) in [6.45, 7) is 0. The zero-order valence-electron chi connectivity index (χ0n) is 10.9. The lowest BCUT2D eigenvalue weighted by Crippen LogP contribution is -2.11. The molecule has 0 aliphatic heterocycles. The molecule has 0 unspecified atom stereocenters. The molecule has 4 heteroatoms. The number of carbonyl (C=O) groups excluding carboxylic acids is 1. The molecule has 0 bridgehead atoms. The molecule has 2 aromatic rings. The molecule has 0 radical (unpaired) electrons. The van der Waals surface area contributed by atoms with E-state index >= 15 is 0 Å². The van der Waals surface area contributed by atoms with Gasteiger partial charge in [0.25, 0.3) is 0 Å². The second kappa shape index (κ2) is 7.06. The quantitative estimate of drug-likeness (QED) is 0.867. The standard InChI is InChI=1S/C16H15ClFNO/c17-14-11-13(9-10-15(14)18)19-16(20)8-4-7-12-5-2-1-3-6-12/h1-3,5-6,9-11H,4,7-8H2,(H,19,20). The summed E-state index contributed by atoms with van der Waals surface area (Å²) in [5, 5.41) is 2.71. The zero-order valence-corrected chi connectivity index (χ0v) is 11.7. The van der Waals surface area contributed by atoms with Gasteiger partial charge in [-0.2, -0.15) is 0 Å². The Hall–Kier alpha value is -1.87. The Bertz CT molecular complexity index is 586. The smallest absolute Gasteiger partial charge is 0.224 e. The number of anilines is 1. The first-order valence-electron chi connectivity index (χ1n) is 6.44. The van der Waals surface area contributed by atoms with Crippen molar-refractivity contribution in [3.63, 3.8) is 0 Å². The third kappa shape index (κ3) is 4.35. The Morgan fingerprint density at radius 3 is 2.60 bits per heavy atom. The number of hydrogen-bond acceptors (Lipinski definition) is 1. The summed E-state index contributed by atoms with van der Waals surface area (Å²) in [7, 11) is 0. The number of hydrogen-bond donors (Lipinski definition) is 1. The summed E-state index contributed by atoms with van der Waals surface area (Å²) < 4.78 is 13.0. The van der Waals surface area contributed by atoms with Crippen LogP contribution >= 0.6 is 11.6 Å². The van der Waals surface area contributed by atoms with Crippen LogP contribution in [0.25, 0.3) is 0 Å². The highest BCUT2D eigenvalue weighted by Gasteiger charge is 2.05. The number of rotatable bonds is 5. The van der Waals surface area contributed by atoms with Crippen molar-refractivity contribution in [3.8, 4) is 0 Å². The van der Waals surface area contributed by atoms with E-state index in [0.717, 1.165) is 12.8 Å². The lowest BCUT2D eigenvalue weighted by molar-refractivity contribution is -0.116. The maximum absolute atomic E-state index is 13.0. The number of nitrogens with one attached hydrogen (secondary N) is 1. The van der Waals surface area contributed by atoms with E-state index in [2.05, 4.69) is 5.32 Å². The van der Waals surface area contributed by atoms with Crippen LogP contribution < -0.4 is 5.32 Å². The van der Waals surface area contributed by atoms with Gasteiger partial charge in [-0.3, -0.25) is 4.79 Å².